The van der Waals surface area contributed by atoms with Crippen molar-refractivity contribution >= 4 is 11.6 Å². The highest BCUT2D eigenvalue weighted by atomic mass is 35.5. The zero-order valence-electron chi connectivity index (χ0n) is 8.39. The molecule has 0 saturated heterocycles. The largest absolute Gasteiger partial charge is 0.484 e. The second-order valence-corrected chi connectivity index (χ2v) is 3.48. The van der Waals surface area contributed by atoms with E-state index in [2.05, 4.69) is 14.7 Å². The molecule has 0 bridgehead atoms. The van der Waals surface area contributed by atoms with Gasteiger partial charge in [0.05, 0.1) is 5.02 Å². The molecule has 2 rings (SSSR count). The first kappa shape index (κ1) is 10.9. The number of para-hydroxylation sites is 1. The van der Waals surface area contributed by atoms with Crippen LogP contribution in [0.3, 0.4) is 0 Å². The predicted octanol–water partition coefficient (Wildman–Crippen LogP) is 1.76. The first-order valence-corrected chi connectivity index (χ1v) is 5.04. The van der Waals surface area contributed by atoms with Crippen LogP contribution in [0.15, 0.2) is 29.1 Å². The van der Waals surface area contributed by atoms with Crippen LogP contribution in [0.2, 0.25) is 5.02 Å². The molecule has 0 fully saturated rings. The van der Waals surface area contributed by atoms with Crippen LogP contribution in [0.25, 0.3) is 0 Å². The van der Waals surface area contributed by atoms with Crippen LogP contribution in [0, 0.1) is 0 Å². The van der Waals surface area contributed by atoms with Gasteiger partial charge in [-0.05, 0) is 6.07 Å². The molecular weight excluding hydrogens is 230 g/mol. The maximum atomic E-state index is 6.00. The fraction of sp³-hybridized carbons (Fsp3) is 0.200. The zero-order valence-corrected chi connectivity index (χ0v) is 9.15. The van der Waals surface area contributed by atoms with Crippen molar-refractivity contribution in [3.8, 4) is 5.75 Å². The van der Waals surface area contributed by atoms with Crippen molar-refractivity contribution in [3.05, 3.63) is 41.0 Å². The molecule has 16 heavy (non-hydrogen) atoms. The molecule has 5 nitrogen and oxygen atoms in total. The number of benzene rings is 1. The first-order valence-electron chi connectivity index (χ1n) is 4.66. The van der Waals surface area contributed by atoms with E-state index in [-0.39, 0.29) is 6.61 Å². The van der Waals surface area contributed by atoms with Crippen molar-refractivity contribution in [2.45, 2.75) is 13.2 Å². The highest BCUT2D eigenvalue weighted by molar-refractivity contribution is 6.32. The van der Waals surface area contributed by atoms with Crippen LogP contribution in [0.1, 0.15) is 11.4 Å². The van der Waals surface area contributed by atoms with E-state index in [0.29, 0.717) is 23.1 Å². The summed E-state index contributed by atoms with van der Waals surface area (Å²) in [5, 5.41) is 4.15. The molecule has 0 aliphatic rings. The molecule has 0 saturated carbocycles. The Morgan fingerprint density at radius 1 is 1.44 bits per heavy atom. The van der Waals surface area contributed by atoms with Crippen molar-refractivity contribution in [3.63, 3.8) is 0 Å². The van der Waals surface area contributed by atoms with Crippen LogP contribution in [-0.2, 0) is 13.2 Å². The smallest absolute Gasteiger partial charge is 0.213 e. The van der Waals surface area contributed by atoms with Crippen LogP contribution < -0.4 is 10.5 Å². The Labute approximate surface area is 97.2 Å². The molecule has 2 aromatic rings. The summed E-state index contributed by atoms with van der Waals surface area (Å²) >= 11 is 6.00. The molecule has 1 aromatic carbocycles. The summed E-state index contributed by atoms with van der Waals surface area (Å²) in [6.45, 7) is 0.565. The molecule has 0 amide bonds. The third-order valence-electron chi connectivity index (χ3n) is 2.02. The quantitative estimate of drug-likeness (QED) is 0.880. The summed E-state index contributed by atoms with van der Waals surface area (Å²) < 4.78 is 10.1. The van der Waals surface area contributed by atoms with Crippen molar-refractivity contribution in [1.82, 2.24) is 10.1 Å². The van der Waals surface area contributed by atoms with Crippen LogP contribution >= 0.6 is 11.6 Å². The van der Waals surface area contributed by atoms with Crippen LogP contribution in [-0.4, -0.2) is 10.1 Å². The van der Waals surface area contributed by atoms with Gasteiger partial charge in [-0.3, -0.25) is 0 Å². The lowest BCUT2D eigenvalue weighted by molar-refractivity contribution is 0.284. The molecule has 0 aliphatic heterocycles. The summed E-state index contributed by atoms with van der Waals surface area (Å²) in [4.78, 5) is 3.84. The molecule has 0 spiro atoms. The van der Waals surface area contributed by atoms with E-state index >= 15 is 0 Å². The first-order chi connectivity index (χ1) is 7.81. The molecule has 0 aliphatic carbocycles. The summed E-state index contributed by atoms with van der Waals surface area (Å²) in [6, 6.07) is 5.43. The van der Waals surface area contributed by atoms with E-state index in [1.54, 1.807) is 6.07 Å². The third kappa shape index (κ3) is 2.32. The summed E-state index contributed by atoms with van der Waals surface area (Å²) in [6.07, 6.45) is 1.25. The van der Waals surface area contributed by atoms with E-state index in [4.69, 9.17) is 22.1 Å². The van der Waals surface area contributed by atoms with Crippen molar-refractivity contribution in [2.24, 2.45) is 5.73 Å². The van der Waals surface area contributed by atoms with Gasteiger partial charge in [0.2, 0.25) is 12.2 Å². The van der Waals surface area contributed by atoms with Crippen LogP contribution in [0.5, 0.6) is 5.75 Å². The van der Waals surface area contributed by atoms with E-state index in [9.17, 15) is 0 Å². The lowest BCUT2D eigenvalue weighted by Crippen LogP contribution is -2.04. The standard InChI is InChI=1S/C10H10ClN3O2/c11-8-3-1-2-7(4-12)10(8)15-5-9-13-6-16-14-9/h1-3,6H,4-5,12H2. The van der Waals surface area contributed by atoms with Crippen molar-refractivity contribution < 1.29 is 9.26 Å². The predicted molar refractivity (Wildman–Crippen MR) is 58.0 cm³/mol. The summed E-state index contributed by atoms with van der Waals surface area (Å²) in [5.41, 5.74) is 6.42. The van der Waals surface area contributed by atoms with Crippen molar-refractivity contribution in [2.75, 3.05) is 0 Å². The van der Waals surface area contributed by atoms with Gasteiger partial charge in [-0.25, -0.2) is 0 Å². The second kappa shape index (κ2) is 4.96. The lowest BCUT2D eigenvalue weighted by Gasteiger charge is -2.10. The third-order valence-corrected chi connectivity index (χ3v) is 2.32. The average molecular weight is 240 g/mol. The van der Waals surface area contributed by atoms with E-state index in [1.165, 1.54) is 6.39 Å². The molecule has 84 valence electrons. The molecule has 1 aromatic heterocycles. The number of nitrogens with two attached hydrogens (primary N) is 1. The molecule has 0 unspecified atom stereocenters. The Bertz CT molecular complexity index is 459. The molecular formula is C10H10ClN3O2. The Hall–Kier alpha value is -1.59. The summed E-state index contributed by atoms with van der Waals surface area (Å²) in [7, 11) is 0. The number of halogens is 1. The minimum absolute atomic E-state index is 0.202. The fourth-order valence-electron chi connectivity index (χ4n) is 1.27. The SMILES string of the molecule is NCc1cccc(Cl)c1OCc1ncon1. The number of nitrogens with zero attached hydrogens (tertiary/aromatic N) is 2. The Kier molecular flexibility index (Phi) is 3.38. The average Bonchev–Trinajstić information content (AvgIpc) is 2.80. The van der Waals surface area contributed by atoms with Gasteiger partial charge in [0.15, 0.2) is 6.61 Å². The number of ether oxygens (including phenoxy) is 1. The molecule has 0 atom stereocenters. The molecule has 1 heterocycles. The molecule has 2 N–H and O–H groups in total. The Morgan fingerprint density at radius 2 is 2.31 bits per heavy atom. The van der Waals surface area contributed by atoms with Gasteiger partial charge in [0, 0.05) is 12.1 Å². The Balaban J connectivity index is 2.14. The van der Waals surface area contributed by atoms with E-state index < -0.39 is 0 Å². The monoisotopic (exact) mass is 239 g/mol. The number of hydrogen-bond acceptors (Lipinski definition) is 5. The number of hydrogen-bond donors (Lipinski definition) is 1. The topological polar surface area (TPSA) is 74.2 Å². The minimum Gasteiger partial charge on any atom is -0.484 e. The maximum absolute atomic E-state index is 6.00. The molecule has 6 heteroatoms. The number of rotatable bonds is 4. The van der Waals surface area contributed by atoms with E-state index in [1.807, 2.05) is 12.1 Å². The van der Waals surface area contributed by atoms with Gasteiger partial charge in [-0.2, -0.15) is 4.98 Å². The highest BCUT2D eigenvalue weighted by Gasteiger charge is 2.08. The van der Waals surface area contributed by atoms with Crippen LogP contribution in [0.4, 0.5) is 0 Å². The van der Waals surface area contributed by atoms with E-state index in [0.717, 1.165) is 5.56 Å². The molecule has 0 radical (unpaired) electrons. The normalized spacial score (nSPS) is 10.4. The minimum atomic E-state index is 0.202. The summed E-state index contributed by atoms with van der Waals surface area (Å²) in [5.74, 6) is 1.03. The van der Waals surface area contributed by atoms with Gasteiger partial charge in [-0.15, -0.1) is 0 Å². The Morgan fingerprint density at radius 3 is 3.00 bits per heavy atom. The van der Waals surface area contributed by atoms with Gasteiger partial charge in [0.25, 0.3) is 0 Å². The highest BCUT2D eigenvalue weighted by Crippen LogP contribution is 2.28. The van der Waals surface area contributed by atoms with Crippen molar-refractivity contribution in [1.29, 1.82) is 0 Å². The lowest BCUT2D eigenvalue weighted by atomic mass is 10.2. The van der Waals surface area contributed by atoms with Gasteiger partial charge in [0.1, 0.15) is 5.75 Å². The second-order valence-electron chi connectivity index (χ2n) is 3.07. The zero-order chi connectivity index (χ0) is 11.4. The maximum Gasteiger partial charge on any atom is 0.213 e. The van der Waals surface area contributed by atoms with Gasteiger partial charge in [-0.1, -0.05) is 28.9 Å². The fourth-order valence-corrected chi connectivity index (χ4v) is 1.52. The van der Waals surface area contributed by atoms with Gasteiger partial charge < -0.3 is 15.0 Å². The van der Waals surface area contributed by atoms with Gasteiger partial charge >= 0.3 is 0 Å². The number of aromatic nitrogens is 2.